The standard InChI is InChI=1S/C15H16N6O3S/c1-9-7-13(24-20-9)17-12(22)8-25-15-19-18-14(21(15)16)10-5-3-4-6-11(10)23-2/h3-7H,8,16H2,1-2H3,(H,17,22). The number of para-hydroxylation sites is 1. The van der Waals surface area contributed by atoms with Crippen molar-refractivity contribution in [2.24, 2.45) is 0 Å². The van der Waals surface area contributed by atoms with Crippen LogP contribution in [0.2, 0.25) is 0 Å². The molecular formula is C15H16N6O3S. The molecule has 0 fully saturated rings. The predicted octanol–water partition coefficient (Wildman–Crippen LogP) is 1.69. The fourth-order valence-corrected chi connectivity index (χ4v) is 2.77. The Morgan fingerprint density at radius 2 is 2.20 bits per heavy atom. The van der Waals surface area contributed by atoms with Crippen LogP contribution in [0.25, 0.3) is 11.4 Å². The minimum atomic E-state index is -0.261. The third kappa shape index (κ3) is 3.74. The second kappa shape index (κ2) is 7.26. The van der Waals surface area contributed by atoms with E-state index in [-0.39, 0.29) is 11.7 Å². The maximum atomic E-state index is 11.9. The van der Waals surface area contributed by atoms with Crippen molar-refractivity contribution in [2.75, 3.05) is 24.0 Å². The van der Waals surface area contributed by atoms with E-state index in [9.17, 15) is 4.79 Å². The molecule has 3 N–H and O–H groups in total. The third-order valence-corrected chi connectivity index (χ3v) is 4.18. The molecule has 25 heavy (non-hydrogen) atoms. The van der Waals surface area contributed by atoms with Crippen LogP contribution in [0.3, 0.4) is 0 Å². The molecule has 0 atom stereocenters. The van der Waals surface area contributed by atoms with E-state index in [0.717, 1.165) is 11.8 Å². The zero-order valence-corrected chi connectivity index (χ0v) is 14.4. The zero-order chi connectivity index (χ0) is 17.8. The number of aryl methyl sites for hydroxylation is 1. The first-order valence-corrected chi connectivity index (χ1v) is 8.27. The maximum Gasteiger partial charge on any atom is 0.237 e. The molecule has 1 amide bonds. The van der Waals surface area contributed by atoms with Gasteiger partial charge in [0.1, 0.15) is 5.75 Å². The molecule has 0 aliphatic heterocycles. The maximum absolute atomic E-state index is 11.9. The van der Waals surface area contributed by atoms with E-state index in [1.54, 1.807) is 20.1 Å². The Morgan fingerprint density at radius 1 is 1.40 bits per heavy atom. The number of hydrogen-bond acceptors (Lipinski definition) is 8. The quantitative estimate of drug-likeness (QED) is 0.503. The van der Waals surface area contributed by atoms with Gasteiger partial charge in [0.25, 0.3) is 0 Å². The Morgan fingerprint density at radius 3 is 2.92 bits per heavy atom. The van der Waals surface area contributed by atoms with Gasteiger partial charge in [-0.15, -0.1) is 10.2 Å². The Kier molecular flexibility index (Phi) is 4.89. The number of anilines is 1. The molecule has 2 heterocycles. The lowest BCUT2D eigenvalue weighted by Gasteiger charge is -2.07. The highest BCUT2D eigenvalue weighted by atomic mass is 32.2. The van der Waals surface area contributed by atoms with Gasteiger partial charge in [-0.25, -0.2) is 4.68 Å². The first-order valence-electron chi connectivity index (χ1n) is 7.28. The summed E-state index contributed by atoms with van der Waals surface area (Å²) in [4.78, 5) is 11.9. The van der Waals surface area contributed by atoms with Crippen LogP contribution < -0.4 is 15.9 Å². The summed E-state index contributed by atoms with van der Waals surface area (Å²) in [6.07, 6.45) is 0. The number of hydrogen-bond donors (Lipinski definition) is 2. The molecule has 10 heteroatoms. The van der Waals surface area contributed by atoms with Crippen molar-refractivity contribution in [3.8, 4) is 17.1 Å². The number of ether oxygens (including phenoxy) is 1. The fourth-order valence-electron chi connectivity index (χ4n) is 2.11. The Balaban J connectivity index is 1.68. The van der Waals surface area contributed by atoms with Crippen LogP contribution in [0, 0.1) is 6.92 Å². The zero-order valence-electron chi connectivity index (χ0n) is 13.6. The van der Waals surface area contributed by atoms with E-state index in [1.807, 2.05) is 24.3 Å². The highest BCUT2D eigenvalue weighted by molar-refractivity contribution is 7.99. The Labute approximate surface area is 147 Å². The summed E-state index contributed by atoms with van der Waals surface area (Å²) in [6.45, 7) is 1.77. The molecule has 0 bridgehead atoms. The van der Waals surface area contributed by atoms with Gasteiger partial charge in [-0.05, 0) is 19.1 Å². The number of rotatable bonds is 6. The van der Waals surface area contributed by atoms with Crippen LogP contribution >= 0.6 is 11.8 Å². The van der Waals surface area contributed by atoms with Gasteiger partial charge >= 0.3 is 0 Å². The van der Waals surface area contributed by atoms with Gasteiger partial charge < -0.3 is 15.1 Å². The van der Waals surface area contributed by atoms with Gasteiger partial charge in [0.15, 0.2) is 5.82 Å². The molecule has 1 aromatic carbocycles. The highest BCUT2D eigenvalue weighted by Gasteiger charge is 2.17. The summed E-state index contributed by atoms with van der Waals surface area (Å²) >= 11 is 1.16. The number of nitrogen functional groups attached to an aromatic ring is 1. The summed E-state index contributed by atoms with van der Waals surface area (Å²) in [5.74, 6) is 7.28. The van der Waals surface area contributed by atoms with Crippen LogP contribution in [-0.4, -0.2) is 38.8 Å². The van der Waals surface area contributed by atoms with Crippen molar-refractivity contribution in [1.82, 2.24) is 20.0 Å². The molecule has 9 nitrogen and oxygen atoms in total. The summed E-state index contributed by atoms with van der Waals surface area (Å²) in [5, 5.41) is 14.8. The van der Waals surface area contributed by atoms with Crippen LogP contribution in [0.4, 0.5) is 5.88 Å². The summed E-state index contributed by atoms with van der Waals surface area (Å²) < 4.78 is 11.6. The smallest absolute Gasteiger partial charge is 0.237 e. The lowest BCUT2D eigenvalue weighted by Crippen LogP contribution is -2.16. The summed E-state index contributed by atoms with van der Waals surface area (Å²) in [6, 6.07) is 8.98. The molecule has 3 aromatic rings. The van der Waals surface area contributed by atoms with Gasteiger partial charge in [-0.2, -0.15) is 0 Å². The largest absolute Gasteiger partial charge is 0.496 e. The van der Waals surface area contributed by atoms with Crippen molar-refractivity contribution in [3.05, 3.63) is 36.0 Å². The molecule has 0 spiro atoms. The molecule has 0 aliphatic rings. The van der Waals surface area contributed by atoms with Crippen molar-refractivity contribution in [3.63, 3.8) is 0 Å². The van der Waals surface area contributed by atoms with E-state index >= 15 is 0 Å². The van der Waals surface area contributed by atoms with Crippen LogP contribution in [0.1, 0.15) is 5.69 Å². The fraction of sp³-hybridized carbons (Fsp3) is 0.200. The lowest BCUT2D eigenvalue weighted by molar-refractivity contribution is -0.113. The average Bonchev–Trinajstić information content (AvgIpc) is 3.18. The molecule has 0 aliphatic carbocycles. The first kappa shape index (κ1) is 16.8. The van der Waals surface area contributed by atoms with Crippen LogP contribution in [-0.2, 0) is 4.79 Å². The number of aromatic nitrogens is 4. The second-order valence-corrected chi connectivity index (χ2v) is 5.99. The van der Waals surface area contributed by atoms with Crippen LogP contribution in [0.5, 0.6) is 5.75 Å². The molecule has 0 unspecified atom stereocenters. The number of benzene rings is 1. The van der Waals surface area contributed by atoms with E-state index in [2.05, 4.69) is 20.7 Å². The molecular weight excluding hydrogens is 344 g/mol. The van der Waals surface area contributed by atoms with Crippen molar-refractivity contribution in [2.45, 2.75) is 12.1 Å². The average molecular weight is 360 g/mol. The molecule has 0 saturated heterocycles. The van der Waals surface area contributed by atoms with Gasteiger partial charge in [0.05, 0.1) is 24.1 Å². The lowest BCUT2D eigenvalue weighted by atomic mass is 10.2. The van der Waals surface area contributed by atoms with E-state index in [4.69, 9.17) is 15.1 Å². The van der Waals surface area contributed by atoms with Gasteiger partial charge in [-0.3, -0.25) is 10.1 Å². The van der Waals surface area contributed by atoms with Gasteiger partial charge in [0, 0.05) is 6.07 Å². The Hall–Kier alpha value is -3.01. The molecule has 0 saturated carbocycles. The SMILES string of the molecule is COc1ccccc1-c1nnc(SCC(=O)Nc2cc(C)no2)n1N. The topological polar surface area (TPSA) is 121 Å². The van der Waals surface area contributed by atoms with E-state index < -0.39 is 0 Å². The molecule has 3 rings (SSSR count). The highest BCUT2D eigenvalue weighted by Crippen LogP contribution is 2.29. The first-order chi connectivity index (χ1) is 12.1. The summed E-state index contributed by atoms with van der Waals surface area (Å²) in [7, 11) is 1.57. The van der Waals surface area contributed by atoms with E-state index in [1.165, 1.54) is 4.68 Å². The molecule has 0 radical (unpaired) electrons. The third-order valence-electron chi connectivity index (χ3n) is 3.24. The van der Waals surface area contributed by atoms with Gasteiger partial charge in [-0.1, -0.05) is 29.1 Å². The number of thioether (sulfide) groups is 1. The number of nitrogens with zero attached hydrogens (tertiary/aromatic N) is 4. The number of nitrogens with one attached hydrogen (secondary N) is 1. The molecule has 2 aromatic heterocycles. The molecule has 130 valence electrons. The summed E-state index contributed by atoms with van der Waals surface area (Å²) in [5.41, 5.74) is 1.40. The van der Waals surface area contributed by atoms with Crippen LogP contribution in [0.15, 0.2) is 40.0 Å². The predicted molar refractivity (Wildman–Crippen MR) is 92.8 cm³/mol. The minimum Gasteiger partial charge on any atom is -0.496 e. The number of carbonyl (C=O) groups excluding carboxylic acids is 1. The van der Waals surface area contributed by atoms with E-state index in [0.29, 0.717) is 33.9 Å². The number of carbonyl (C=O) groups is 1. The Bertz CT molecular complexity index is 891. The number of nitrogens with two attached hydrogens (primary N) is 1. The van der Waals surface area contributed by atoms with Gasteiger partial charge in [0.2, 0.25) is 16.9 Å². The normalized spacial score (nSPS) is 10.6. The van der Waals surface area contributed by atoms with Crippen molar-refractivity contribution < 1.29 is 14.1 Å². The number of methoxy groups -OCH3 is 1. The second-order valence-electron chi connectivity index (χ2n) is 5.05. The number of amides is 1. The van der Waals surface area contributed by atoms with Crippen molar-refractivity contribution in [1.29, 1.82) is 0 Å². The minimum absolute atomic E-state index is 0.0982. The monoisotopic (exact) mass is 360 g/mol. The van der Waals surface area contributed by atoms with Crippen molar-refractivity contribution >= 4 is 23.6 Å².